The molecule has 2 N–H and O–H groups in total. The first-order valence-corrected chi connectivity index (χ1v) is 8.45. The number of amides is 1. The zero-order valence-electron chi connectivity index (χ0n) is 15.4. The largest absolute Gasteiger partial charge is 0.463 e. The third-order valence-electron chi connectivity index (χ3n) is 3.99. The average Bonchev–Trinajstić information content (AvgIpc) is 3.16. The molecule has 2 aromatic rings. The van der Waals surface area contributed by atoms with Gasteiger partial charge in [-0.3, -0.25) is 34.0 Å². The van der Waals surface area contributed by atoms with Gasteiger partial charge in [0.05, 0.1) is 6.33 Å². The van der Waals surface area contributed by atoms with Crippen molar-refractivity contribution < 1.29 is 28.6 Å². The number of aromatic amines is 1. The van der Waals surface area contributed by atoms with Gasteiger partial charge in [0.15, 0.2) is 11.2 Å². The molecular formula is C16H19N5O7. The molecule has 0 spiro atoms. The highest BCUT2D eigenvalue weighted by Gasteiger charge is 2.40. The average molecular weight is 393 g/mol. The molecule has 0 unspecified atom stereocenters. The van der Waals surface area contributed by atoms with Crippen LogP contribution in [0, 0.1) is 0 Å². The third-order valence-corrected chi connectivity index (χ3v) is 3.99. The van der Waals surface area contributed by atoms with Crippen LogP contribution in [0.3, 0.4) is 0 Å². The summed E-state index contributed by atoms with van der Waals surface area (Å²) < 4.78 is 17.5. The number of nitrogens with zero attached hydrogens (tertiary/aromatic N) is 3. The Kier molecular flexibility index (Phi) is 5.40. The number of ether oxygens (including phenoxy) is 3. The summed E-state index contributed by atoms with van der Waals surface area (Å²) in [5.41, 5.74) is -0.278. The van der Waals surface area contributed by atoms with Crippen LogP contribution in [0.4, 0.5) is 5.95 Å². The topological polar surface area (TPSA) is 155 Å². The van der Waals surface area contributed by atoms with E-state index >= 15 is 0 Å². The first kappa shape index (κ1) is 19.5. The summed E-state index contributed by atoms with van der Waals surface area (Å²) in [6.07, 6.45) is -0.451. The van der Waals surface area contributed by atoms with Crippen LogP contribution in [0.5, 0.6) is 0 Å². The van der Waals surface area contributed by atoms with E-state index in [1.807, 2.05) is 0 Å². The van der Waals surface area contributed by atoms with E-state index in [4.69, 9.17) is 14.2 Å². The van der Waals surface area contributed by atoms with Crippen LogP contribution in [0.1, 0.15) is 33.4 Å². The van der Waals surface area contributed by atoms with Crippen LogP contribution >= 0.6 is 0 Å². The van der Waals surface area contributed by atoms with Gasteiger partial charge in [0.2, 0.25) is 11.9 Å². The van der Waals surface area contributed by atoms with Crippen LogP contribution in [0.15, 0.2) is 11.1 Å². The molecule has 3 atom stereocenters. The van der Waals surface area contributed by atoms with Crippen LogP contribution < -0.4 is 10.9 Å². The smallest absolute Gasteiger partial charge is 0.303 e. The number of anilines is 1. The minimum Gasteiger partial charge on any atom is -0.463 e. The van der Waals surface area contributed by atoms with Crippen molar-refractivity contribution in [1.82, 2.24) is 19.5 Å². The molecule has 0 bridgehead atoms. The van der Waals surface area contributed by atoms with Crippen LogP contribution in [-0.2, 0) is 28.6 Å². The fourth-order valence-corrected chi connectivity index (χ4v) is 2.95. The molecule has 1 aliphatic rings. The summed E-state index contributed by atoms with van der Waals surface area (Å²) in [5, 5.41) is 2.39. The first-order chi connectivity index (χ1) is 13.2. The molecule has 3 heterocycles. The number of rotatable bonds is 5. The van der Waals surface area contributed by atoms with Crippen molar-refractivity contribution in [2.24, 2.45) is 0 Å². The minimum atomic E-state index is -0.694. The monoisotopic (exact) mass is 393 g/mol. The van der Waals surface area contributed by atoms with Crippen molar-refractivity contribution in [2.45, 2.75) is 45.6 Å². The Morgan fingerprint density at radius 1 is 1.32 bits per heavy atom. The van der Waals surface area contributed by atoms with Crippen LogP contribution in [-0.4, -0.2) is 56.2 Å². The summed E-state index contributed by atoms with van der Waals surface area (Å²) in [6, 6.07) is 0. The molecule has 12 nitrogen and oxygen atoms in total. The van der Waals surface area contributed by atoms with E-state index in [0.29, 0.717) is 0 Å². The lowest BCUT2D eigenvalue weighted by molar-refractivity contribution is -0.155. The van der Waals surface area contributed by atoms with E-state index in [1.54, 1.807) is 0 Å². The quantitative estimate of drug-likeness (QED) is 0.660. The maximum atomic E-state index is 12.5. The number of hydrogen-bond acceptors (Lipinski definition) is 9. The molecule has 0 radical (unpaired) electrons. The Labute approximate surface area is 158 Å². The normalized spacial score (nSPS) is 21.5. The van der Waals surface area contributed by atoms with E-state index in [9.17, 15) is 19.2 Å². The summed E-state index contributed by atoms with van der Waals surface area (Å²) in [6.45, 7) is 3.71. The highest BCUT2D eigenvalue weighted by atomic mass is 16.6. The van der Waals surface area contributed by atoms with Gasteiger partial charge in [-0.15, -0.1) is 0 Å². The highest BCUT2D eigenvalue weighted by Crippen LogP contribution is 2.32. The van der Waals surface area contributed by atoms with Crippen molar-refractivity contribution in [3.05, 3.63) is 16.7 Å². The molecule has 1 aliphatic heterocycles. The molecular weight excluding hydrogens is 374 g/mol. The molecule has 150 valence electrons. The van der Waals surface area contributed by atoms with Crippen molar-refractivity contribution in [3.63, 3.8) is 0 Å². The summed E-state index contributed by atoms with van der Waals surface area (Å²) in [5.74, 6) is -1.41. The predicted octanol–water partition coefficient (Wildman–Crippen LogP) is -0.140. The Morgan fingerprint density at radius 2 is 2.07 bits per heavy atom. The lowest BCUT2D eigenvalue weighted by Crippen LogP contribution is -2.31. The van der Waals surface area contributed by atoms with Crippen molar-refractivity contribution in [2.75, 3.05) is 11.9 Å². The predicted molar refractivity (Wildman–Crippen MR) is 93.2 cm³/mol. The SMILES string of the molecule is CC(=O)Nc1nc2ncn([C@@H]3C[C@H](OC(C)=O)[C@@H](COC(C)=O)O3)c2c(=O)[nH]1. The van der Waals surface area contributed by atoms with Crippen molar-refractivity contribution in [3.8, 4) is 0 Å². The molecule has 0 aromatic carbocycles. The van der Waals surface area contributed by atoms with Gasteiger partial charge >= 0.3 is 11.9 Å². The number of fused-ring (bicyclic) bond motifs is 1. The molecule has 1 fully saturated rings. The standard InChI is InChI=1S/C16H19N5O7/c1-7(22)18-16-19-14-13(15(25)20-16)21(6-17-14)12-4-10(27-9(3)24)11(28-12)5-26-8(2)23/h6,10-12H,4-5H2,1-3H3,(H2,18,19,20,22,25)/t10-,11+,12-/m0/s1. The summed E-state index contributed by atoms with van der Waals surface area (Å²) >= 11 is 0. The minimum absolute atomic E-state index is 0.0203. The summed E-state index contributed by atoms with van der Waals surface area (Å²) in [4.78, 5) is 56.7. The summed E-state index contributed by atoms with van der Waals surface area (Å²) in [7, 11) is 0. The number of carbonyl (C=O) groups excluding carboxylic acids is 3. The van der Waals surface area contributed by atoms with Gasteiger partial charge in [0.1, 0.15) is 25.0 Å². The fourth-order valence-electron chi connectivity index (χ4n) is 2.95. The van der Waals surface area contributed by atoms with Gasteiger partial charge in [-0.25, -0.2) is 4.98 Å². The van der Waals surface area contributed by atoms with E-state index in [2.05, 4.69) is 20.3 Å². The van der Waals surface area contributed by atoms with Gasteiger partial charge in [-0.2, -0.15) is 4.98 Å². The van der Waals surface area contributed by atoms with Crippen molar-refractivity contribution >= 4 is 35.0 Å². The van der Waals surface area contributed by atoms with Gasteiger partial charge in [0, 0.05) is 27.2 Å². The van der Waals surface area contributed by atoms with E-state index < -0.39 is 41.8 Å². The van der Waals surface area contributed by atoms with E-state index in [1.165, 1.54) is 31.7 Å². The second-order valence-electron chi connectivity index (χ2n) is 6.24. The number of aromatic nitrogens is 4. The Morgan fingerprint density at radius 3 is 2.71 bits per heavy atom. The maximum absolute atomic E-state index is 12.5. The lowest BCUT2D eigenvalue weighted by Gasteiger charge is -2.17. The van der Waals surface area contributed by atoms with Crippen molar-refractivity contribution in [1.29, 1.82) is 0 Å². The number of carbonyl (C=O) groups is 3. The van der Waals surface area contributed by atoms with E-state index in [0.717, 1.165) is 0 Å². The molecule has 1 amide bonds. The number of H-pyrrole nitrogens is 1. The molecule has 0 aliphatic carbocycles. The molecule has 3 rings (SSSR count). The third kappa shape index (κ3) is 4.17. The lowest BCUT2D eigenvalue weighted by atomic mass is 10.2. The molecule has 1 saturated heterocycles. The Bertz CT molecular complexity index is 981. The van der Waals surface area contributed by atoms with Gasteiger partial charge in [-0.1, -0.05) is 0 Å². The Balaban J connectivity index is 1.89. The van der Waals surface area contributed by atoms with Gasteiger partial charge in [0.25, 0.3) is 5.56 Å². The molecule has 2 aromatic heterocycles. The van der Waals surface area contributed by atoms with Crippen LogP contribution in [0.2, 0.25) is 0 Å². The maximum Gasteiger partial charge on any atom is 0.303 e. The fraction of sp³-hybridized carbons (Fsp3) is 0.500. The van der Waals surface area contributed by atoms with Crippen LogP contribution in [0.25, 0.3) is 11.2 Å². The first-order valence-electron chi connectivity index (χ1n) is 8.45. The van der Waals surface area contributed by atoms with Gasteiger partial charge in [-0.05, 0) is 0 Å². The zero-order chi connectivity index (χ0) is 20.4. The van der Waals surface area contributed by atoms with E-state index in [-0.39, 0.29) is 30.1 Å². The van der Waals surface area contributed by atoms with Gasteiger partial charge < -0.3 is 14.2 Å². The number of imidazole rings is 1. The number of esters is 2. The second kappa shape index (κ2) is 7.76. The number of hydrogen-bond donors (Lipinski definition) is 2. The molecule has 28 heavy (non-hydrogen) atoms. The molecule has 12 heteroatoms. The second-order valence-corrected chi connectivity index (χ2v) is 6.24. The Hall–Kier alpha value is -3.28. The zero-order valence-corrected chi connectivity index (χ0v) is 15.4. The molecule has 0 saturated carbocycles. The highest BCUT2D eigenvalue weighted by molar-refractivity contribution is 5.87. The number of nitrogens with one attached hydrogen (secondary N) is 2.